The maximum Gasteiger partial charge on any atom is 0.191 e. The van der Waals surface area contributed by atoms with E-state index in [2.05, 4.69) is 55.1 Å². The molecule has 2 unspecified atom stereocenters. The van der Waals surface area contributed by atoms with Gasteiger partial charge in [0.2, 0.25) is 0 Å². The highest BCUT2D eigenvalue weighted by molar-refractivity contribution is 5.80. The van der Waals surface area contributed by atoms with Crippen molar-refractivity contribution in [3.63, 3.8) is 0 Å². The number of hydrogen-bond acceptors (Lipinski definition) is 3. The lowest BCUT2D eigenvalue weighted by Gasteiger charge is -2.21. The SMILES string of the molecule is CCNC(=NCC1CCN(CC)C1)NC(C)CCCN(CC)CC. The van der Waals surface area contributed by atoms with Crippen LogP contribution in [0, 0.1) is 5.92 Å². The summed E-state index contributed by atoms with van der Waals surface area (Å²) in [6.45, 7) is 20.1. The van der Waals surface area contributed by atoms with Crippen molar-refractivity contribution in [3.05, 3.63) is 0 Å². The molecule has 0 aromatic carbocycles. The van der Waals surface area contributed by atoms with Crippen molar-refractivity contribution in [3.8, 4) is 0 Å². The zero-order chi connectivity index (χ0) is 17.8. The Kier molecular flexibility index (Phi) is 11.1. The fourth-order valence-electron chi connectivity index (χ4n) is 3.36. The van der Waals surface area contributed by atoms with Crippen LogP contribution in [-0.2, 0) is 0 Å². The lowest BCUT2D eigenvalue weighted by Crippen LogP contribution is -2.42. The number of rotatable bonds is 11. The summed E-state index contributed by atoms with van der Waals surface area (Å²) in [6.07, 6.45) is 3.72. The van der Waals surface area contributed by atoms with Gasteiger partial charge in [-0.2, -0.15) is 0 Å². The van der Waals surface area contributed by atoms with Crippen LogP contribution in [-0.4, -0.2) is 74.2 Å². The molecule has 24 heavy (non-hydrogen) atoms. The summed E-state index contributed by atoms with van der Waals surface area (Å²) in [6, 6.07) is 0.467. The number of aliphatic imine (C=N–C) groups is 1. The Balaban J connectivity index is 2.34. The van der Waals surface area contributed by atoms with Crippen LogP contribution in [0.2, 0.25) is 0 Å². The van der Waals surface area contributed by atoms with E-state index < -0.39 is 0 Å². The number of nitrogens with zero attached hydrogens (tertiary/aromatic N) is 3. The average molecular weight is 340 g/mol. The van der Waals surface area contributed by atoms with Gasteiger partial charge in [0.15, 0.2) is 5.96 Å². The summed E-state index contributed by atoms with van der Waals surface area (Å²) in [5.74, 6) is 1.71. The van der Waals surface area contributed by atoms with E-state index in [9.17, 15) is 0 Å². The van der Waals surface area contributed by atoms with Gasteiger partial charge >= 0.3 is 0 Å². The minimum absolute atomic E-state index is 0.467. The van der Waals surface area contributed by atoms with Crippen LogP contribution in [0.1, 0.15) is 53.9 Å². The first-order valence-electron chi connectivity index (χ1n) is 10.1. The lowest BCUT2D eigenvalue weighted by atomic mass is 10.1. The molecule has 0 amide bonds. The van der Waals surface area contributed by atoms with Crippen LogP contribution in [0.15, 0.2) is 4.99 Å². The third-order valence-corrected chi connectivity index (χ3v) is 5.06. The van der Waals surface area contributed by atoms with Gasteiger partial charge in [-0.3, -0.25) is 4.99 Å². The number of nitrogens with one attached hydrogen (secondary N) is 2. The topological polar surface area (TPSA) is 42.9 Å². The van der Waals surface area contributed by atoms with Gasteiger partial charge in [0.05, 0.1) is 0 Å². The lowest BCUT2D eigenvalue weighted by molar-refractivity contribution is 0.292. The normalized spacial score (nSPS) is 20.6. The third-order valence-electron chi connectivity index (χ3n) is 5.06. The van der Waals surface area contributed by atoms with E-state index in [4.69, 9.17) is 4.99 Å². The van der Waals surface area contributed by atoms with Crippen molar-refractivity contribution in [1.82, 2.24) is 20.4 Å². The highest BCUT2D eigenvalue weighted by atomic mass is 15.2. The van der Waals surface area contributed by atoms with Crippen LogP contribution in [0.4, 0.5) is 0 Å². The fourth-order valence-corrected chi connectivity index (χ4v) is 3.36. The molecule has 1 aliphatic heterocycles. The van der Waals surface area contributed by atoms with E-state index >= 15 is 0 Å². The van der Waals surface area contributed by atoms with Gasteiger partial charge in [-0.15, -0.1) is 0 Å². The molecule has 1 heterocycles. The van der Waals surface area contributed by atoms with Gasteiger partial charge in [-0.1, -0.05) is 20.8 Å². The first-order chi connectivity index (χ1) is 11.6. The molecule has 0 spiro atoms. The molecule has 5 nitrogen and oxygen atoms in total. The average Bonchev–Trinajstić information content (AvgIpc) is 3.05. The van der Waals surface area contributed by atoms with Crippen LogP contribution >= 0.6 is 0 Å². The molecule has 1 aliphatic rings. The van der Waals surface area contributed by atoms with Crippen LogP contribution in [0.5, 0.6) is 0 Å². The molecule has 1 saturated heterocycles. The summed E-state index contributed by atoms with van der Waals surface area (Å²) in [5, 5.41) is 6.98. The van der Waals surface area contributed by atoms with Gasteiger partial charge in [0.25, 0.3) is 0 Å². The molecule has 1 rings (SSSR count). The minimum atomic E-state index is 0.467. The van der Waals surface area contributed by atoms with Crippen molar-refractivity contribution in [2.75, 3.05) is 52.4 Å². The second kappa shape index (κ2) is 12.5. The molecule has 1 fully saturated rings. The van der Waals surface area contributed by atoms with Crippen molar-refractivity contribution in [2.45, 2.75) is 59.9 Å². The molecule has 0 aromatic heterocycles. The van der Waals surface area contributed by atoms with E-state index in [0.717, 1.165) is 38.1 Å². The Morgan fingerprint density at radius 3 is 2.58 bits per heavy atom. The van der Waals surface area contributed by atoms with Crippen molar-refractivity contribution in [2.24, 2.45) is 10.9 Å². The molecule has 2 atom stereocenters. The van der Waals surface area contributed by atoms with Gasteiger partial charge in [0.1, 0.15) is 0 Å². The van der Waals surface area contributed by atoms with Gasteiger partial charge in [-0.05, 0) is 71.8 Å². The fraction of sp³-hybridized carbons (Fsp3) is 0.947. The molecular weight excluding hydrogens is 298 g/mol. The van der Waals surface area contributed by atoms with E-state index in [1.807, 2.05) is 0 Å². The number of hydrogen-bond donors (Lipinski definition) is 2. The molecule has 0 aromatic rings. The second-order valence-electron chi connectivity index (χ2n) is 6.98. The highest BCUT2D eigenvalue weighted by Gasteiger charge is 2.20. The molecular formula is C19H41N5. The molecule has 142 valence electrons. The second-order valence-corrected chi connectivity index (χ2v) is 6.98. The Labute approximate surface area is 150 Å². The Morgan fingerprint density at radius 1 is 1.25 bits per heavy atom. The third kappa shape index (κ3) is 8.34. The Bertz CT molecular complexity index is 341. The molecule has 0 saturated carbocycles. The van der Waals surface area contributed by atoms with E-state index in [-0.39, 0.29) is 0 Å². The van der Waals surface area contributed by atoms with Crippen molar-refractivity contribution >= 4 is 5.96 Å². The zero-order valence-corrected chi connectivity index (χ0v) is 16.8. The first kappa shape index (κ1) is 21.2. The van der Waals surface area contributed by atoms with E-state index in [1.54, 1.807) is 0 Å². The highest BCUT2D eigenvalue weighted by Crippen LogP contribution is 2.15. The Morgan fingerprint density at radius 2 is 2.00 bits per heavy atom. The van der Waals surface area contributed by atoms with Crippen LogP contribution in [0.3, 0.4) is 0 Å². The summed E-state index contributed by atoms with van der Waals surface area (Å²) >= 11 is 0. The number of guanidine groups is 1. The molecule has 2 N–H and O–H groups in total. The quantitative estimate of drug-likeness (QED) is 0.448. The maximum atomic E-state index is 4.84. The summed E-state index contributed by atoms with van der Waals surface area (Å²) < 4.78 is 0. The first-order valence-corrected chi connectivity index (χ1v) is 10.1. The van der Waals surface area contributed by atoms with Gasteiger partial charge in [0, 0.05) is 25.7 Å². The van der Waals surface area contributed by atoms with Crippen LogP contribution < -0.4 is 10.6 Å². The number of likely N-dealkylation sites (tertiary alicyclic amines) is 1. The summed E-state index contributed by atoms with van der Waals surface area (Å²) in [7, 11) is 0. The molecule has 0 aliphatic carbocycles. The monoisotopic (exact) mass is 339 g/mol. The molecule has 0 radical (unpaired) electrons. The smallest absolute Gasteiger partial charge is 0.191 e. The van der Waals surface area contributed by atoms with Gasteiger partial charge < -0.3 is 20.4 Å². The standard InChI is InChI=1S/C19H41N5/c1-6-20-19(21-15-18-12-14-24(9-4)16-18)22-17(5)11-10-13-23(7-2)8-3/h17-18H,6-16H2,1-5H3,(H2,20,21,22). The summed E-state index contributed by atoms with van der Waals surface area (Å²) in [4.78, 5) is 9.85. The predicted molar refractivity (Wildman–Crippen MR) is 106 cm³/mol. The zero-order valence-electron chi connectivity index (χ0n) is 16.8. The summed E-state index contributed by atoms with van der Waals surface area (Å²) in [5.41, 5.74) is 0. The molecule has 5 heteroatoms. The maximum absolute atomic E-state index is 4.84. The van der Waals surface area contributed by atoms with Crippen molar-refractivity contribution in [1.29, 1.82) is 0 Å². The van der Waals surface area contributed by atoms with Crippen LogP contribution in [0.25, 0.3) is 0 Å². The van der Waals surface area contributed by atoms with E-state index in [0.29, 0.717) is 6.04 Å². The Hall–Kier alpha value is -0.810. The predicted octanol–water partition coefficient (Wildman–Crippen LogP) is 2.39. The molecule has 0 bridgehead atoms. The van der Waals surface area contributed by atoms with E-state index in [1.165, 1.54) is 45.4 Å². The van der Waals surface area contributed by atoms with Gasteiger partial charge in [-0.25, -0.2) is 0 Å². The largest absolute Gasteiger partial charge is 0.357 e. The minimum Gasteiger partial charge on any atom is -0.357 e. The van der Waals surface area contributed by atoms with Crippen molar-refractivity contribution < 1.29 is 0 Å².